The summed E-state index contributed by atoms with van der Waals surface area (Å²) in [7, 11) is 1.64. The van der Waals surface area contributed by atoms with Crippen molar-refractivity contribution in [3.05, 3.63) is 46.3 Å². The van der Waals surface area contributed by atoms with E-state index in [1.54, 1.807) is 19.4 Å². The normalized spacial score (nSPS) is 11.0. The standard InChI is InChI=1S/C19H24N6O5/c1-29-11-5-9-24(13-14-6-2-3-7-20-14)16-12-15(21-8-4-10-26)19(25(27)28)18-17(16)22-30-23-18/h2-3,6-7,12,21,26H,4-5,8-11,13H2,1H3. The molecule has 0 spiro atoms. The smallest absolute Gasteiger partial charge is 0.323 e. The largest absolute Gasteiger partial charge is 0.396 e. The molecule has 0 bridgehead atoms. The highest BCUT2D eigenvalue weighted by Crippen LogP contribution is 2.38. The third kappa shape index (κ3) is 4.99. The number of methoxy groups -OCH3 is 1. The third-order valence-corrected chi connectivity index (χ3v) is 4.52. The van der Waals surface area contributed by atoms with Crippen molar-refractivity contribution < 1.29 is 19.4 Å². The maximum atomic E-state index is 11.7. The second-order valence-electron chi connectivity index (χ2n) is 6.60. The number of ether oxygens (including phenoxy) is 1. The Labute approximate surface area is 172 Å². The van der Waals surface area contributed by atoms with Gasteiger partial charge in [-0.25, -0.2) is 4.63 Å². The first-order chi connectivity index (χ1) is 14.7. The van der Waals surface area contributed by atoms with E-state index >= 15 is 0 Å². The zero-order valence-electron chi connectivity index (χ0n) is 16.7. The molecule has 0 unspecified atom stereocenters. The first-order valence-corrected chi connectivity index (χ1v) is 9.58. The summed E-state index contributed by atoms with van der Waals surface area (Å²) in [6.07, 6.45) is 2.90. The summed E-state index contributed by atoms with van der Waals surface area (Å²) in [6.45, 7) is 2.00. The van der Waals surface area contributed by atoms with Crippen LogP contribution in [-0.2, 0) is 11.3 Å². The Balaban J connectivity index is 2.05. The zero-order chi connectivity index (χ0) is 21.3. The van der Waals surface area contributed by atoms with E-state index < -0.39 is 4.92 Å². The van der Waals surface area contributed by atoms with Crippen LogP contribution in [0.15, 0.2) is 35.1 Å². The van der Waals surface area contributed by atoms with Crippen LogP contribution in [0.1, 0.15) is 18.5 Å². The van der Waals surface area contributed by atoms with E-state index in [-0.39, 0.29) is 17.8 Å². The van der Waals surface area contributed by atoms with Crippen LogP contribution in [0.25, 0.3) is 11.0 Å². The van der Waals surface area contributed by atoms with Gasteiger partial charge < -0.3 is 20.1 Å². The number of hydrogen-bond donors (Lipinski definition) is 2. The van der Waals surface area contributed by atoms with E-state index in [2.05, 4.69) is 20.6 Å². The molecule has 0 aliphatic heterocycles. The van der Waals surface area contributed by atoms with Gasteiger partial charge in [0.05, 0.1) is 22.8 Å². The van der Waals surface area contributed by atoms with Crippen LogP contribution in [0.2, 0.25) is 0 Å². The van der Waals surface area contributed by atoms with E-state index in [4.69, 9.17) is 14.5 Å². The highest BCUT2D eigenvalue weighted by molar-refractivity contribution is 5.99. The van der Waals surface area contributed by atoms with Gasteiger partial charge in [-0.3, -0.25) is 15.1 Å². The summed E-state index contributed by atoms with van der Waals surface area (Å²) in [6, 6.07) is 7.33. The average Bonchev–Trinajstić information content (AvgIpc) is 3.22. The molecule has 11 nitrogen and oxygen atoms in total. The van der Waals surface area contributed by atoms with Crippen molar-refractivity contribution in [2.24, 2.45) is 0 Å². The van der Waals surface area contributed by atoms with E-state index in [1.165, 1.54) is 0 Å². The molecule has 0 saturated carbocycles. The zero-order valence-corrected chi connectivity index (χ0v) is 16.7. The molecule has 0 aliphatic rings. The number of nitro benzene ring substituents is 1. The summed E-state index contributed by atoms with van der Waals surface area (Å²) >= 11 is 0. The second kappa shape index (κ2) is 10.5. The second-order valence-corrected chi connectivity index (χ2v) is 6.60. The number of fused-ring (bicyclic) bond motifs is 1. The van der Waals surface area contributed by atoms with Crippen LogP contribution >= 0.6 is 0 Å². The van der Waals surface area contributed by atoms with E-state index in [9.17, 15) is 10.1 Å². The van der Waals surface area contributed by atoms with Gasteiger partial charge in [-0.2, -0.15) is 0 Å². The number of anilines is 2. The molecule has 0 radical (unpaired) electrons. The summed E-state index contributed by atoms with van der Waals surface area (Å²) in [4.78, 5) is 17.6. The van der Waals surface area contributed by atoms with Gasteiger partial charge in [0.1, 0.15) is 5.69 Å². The van der Waals surface area contributed by atoms with Crippen molar-refractivity contribution in [1.29, 1.82) is 0 Å². The van der Waals surface area contributed by atoms with Crippen LogP contribution in [0.5, 0.6) is 0 Å². The number of nitrogens with one attached hydrogen (secondary N) is 1. The first kappa shape index (κ1) is 21.4. The molecule has 0 atom stereocenters. The molecule has 0 saturated heterocycles. The molecule has 2 aromatic heterocycles. The fourth-order valence-corrected chi connectivity index (χ4v) is 3.15. The van der Waals surface area contributed by atoms with E-state index in [1.807, 2.05) is 23.1 Å². The molecule has 0 amide bonds. The number of nitrogens with zero attached hydrogens (tertiary/aromatic N) is 5. The molecule has 11 heteroatoms. The van der Waals surface area contributed by atoms with Gasteiger partial charge in [0.25, 0.3) is 0 Å². The fourth-order valence-electron chi connectivity index (χ4n) is 3.15. The van der Waals surface area contributed by atoms with Crippen molar-refractivity contribution >= 4 is 28.1 Å². The lowest BCUT2D eigenvalue weighted by Gasteiger charge is -2.25. The number of pyridine rings is 1. The molecule has 2 heterocycles. The third-order valence-electron chi connectivity index (χ3n) is 4.52. The number of aromatic nitrogens is 3. The predicted molar refractivity (Wildman–Crippen MR) is 110 cm³/mol. The molecule has 30 heavy (non-hydrogen) atoms. The fraction of sp³-hybridized carbons (Fsp3) is 0.421. The molecular weight excluding hydrogens is 392 g/mol. The van der Waals surface area contributed by atoms with Crippen LogP contribution in [0, 0.1) is 10.1 Å². The van der Waals surface area contributed by atoms with Crippen molar-refractivity contribution in [1.82, 2.24) is 15.3 Å². The van der Waals surface area contributed by atoms with Gasteiger partial charge in [0, 0.05) is 39.6 Å². The number of hydrogen-bond acceptors (Lipinski definition) is 10. The SMILES string of the molecule is COCCCN(Cc1ccccn1)c1cc(NCCCO)c([N+](=O)[O-])c2nonc12. The average molecular weight is 416 g/mol. The highest BCUT2D eigenvalue weighted by atomic mass is 16.6. The number of nitro groups is 1. The lowest BCUT2D eigenvalue weighted by Crippen LogP contribution is -2.26. The Morgan fingerprint density at radius 3 is 2.83 bits per heavy atom. The molecule has 0 fully saturated rings. The summed E-state index contributed by atoms with van der Waals surface area (Å²) in [5.74, 6) is 0. The molecule has 3 rings (SSSR count). The van der Waals surface area contributed by atoms with Crippen LogP contribution in [0.4, 0.5) is 17.1 Å². The minimum absolute atomic E-state index is 0.0236. The van der Waals surface area contributed by atoms with Gasteiger partial charge in [-0.05, 0) is 41.4 Å². The molecule has 3 aromatic rings. The van der Waals surface area contributed by atoms with Crippen molar-refractivity contribution in [2.75, 3.05) is 43.6 Å². The van der Waals surface area contributed by atoms with Crippen LogP contribution < -0.4 is 10.2 Å². The number of aliphatic hydroxyl groups is 1. The summed E-state index contributed by atoms with van der Waals surface area (Å²) < 4.78 is 10.0. The van der Waals surface area contributed by atoms with Gasteiger partial charge >= 0.3 is 5.69 Å². The minimum Gasteiger partial charge on any atom is -0.396 e. The monoisotopic (exact) mass is 416 g/mol. The Morgan fingerprint density at radius 1 is 1.30 bits per heavy atom. The Bertz CT molecular complexity index is 965. The van der Waals surface area contributed by atoms with E-state index in [0.717, 1.165) is 12.1 Å². The molecule has 160 valence electrons. The summed E-state index contributed by atoms with van der Waals surface area (Å²) in [5.41, 5.74) is 1.95. The van der Waals surface area contributed by atoms with Crippen molar-refractivity contribution in [2.45, 2.75) is 19.4 Å². The Hall–Kier alpha value is -3.31. The molecular formula is C19H24N6O5. The Morgan fingerprint density at radius 2 is 2.13 bits per heavy atom. The molecule has 1 aromatic carbocycles. The number of aliphatic hydroxyl groups excluding tert-OH is 1. The first-order valence-electron chi connectivity index (χ1n) is 9.58. The maximum absolute atomic E-state index is 11.7. The van der Waals surface area contributed by atoms with Gasteiger partial charge in [0.2, 0.25) is 5.52 Å². The maximum Gasteiger partial charge on any atom is 0.323 e. The van der Waals surface area contributed by atoms with Gasteiger partial charge in [0.15, 0.2) is 5.52 Å². The molecule has 2 N–H and O–H groups in total. The predicted octanol–water partition coefficient (Wildman–Crippen LogP) is 2.36. The number of rotatable bonds is 12. The lowest BCUT2D eigenvalue weighted by molar-refractivity contribution is -0.382. The lowest BCUT2D eigenvalue weighted by atomic mass is 10.1. The van der Waals surface area contributed by atoms with Gasteiger partial charge in [-0.1, -0.05) is 6.07 Å². The van der Waals surface area contributed by atoms with Crippen LogP contribution in [0.3, 0.4) is 0 Å². The van der Waals surface area contributed by atoms with Crippen molar-refractivity contribution in [3.8, 4) is 0 Å². The van der Waals surface area contributed by atoms with Crippen LogP contribution in [-0.4, -0.2) is 58.7 Å². The Kier molecular flexibility index (Phi) is 7.46. The van der Waals surface area contributed by atoms with Gasteiger partial charge in [-0.15, -0.1) is 0 Å². The summed E-state index contributed by atoms with van der Waals surface area (Å²) in [5, 5.41) is 31.5. The topological polar surface area (TPSA) is 140 Å². The van der Waals surface area contributed by atoms with Crippen molar-refractivity contribution in [3.63, 3.8) is 0 Å². The highest BCUT2D eigenvalue weighted by Gasteiger charge is 2.27. The quantitative estimate of drug-likeness (QED) is 0.257. The minimum atomic E-state index is -0.508. The molecule has 0 aliphatic carbocycles. The van der Waals surface area contributed by atoms with E-state index in [0.29, 0.717) is 49.6 Å². The number of benzene rings is 1.